The Bertz CT molecular complexity index is 2310. The van der Waals surface area contributed by atoms with Crippen molar-refractivity contribution < 1.29 is 28.9 Å². The Morgan fingerprint density at radius 1 is 0.426 bits per heavy atom. The molecular formula is C42H23F2IrN2-. The fraction of sp³-hybridized carbons (Fsp3) is 0. The van der Waals surface area contributed by atoms with Gasteiger partial charge in [-0.05, 0) is 92.7 Å². The maximum atomic E-state index is 13.2. The topological polar surface area (TPSA) is 25.8 Å². The van der Waals surface area contributed by atoms with Crippen LogP contribution in [0, 0.1) is 17.7 Å². The van der Waals surface area contributed by atoms with E-state index in [-0.39, 0.29) is 31.7 Å². The van der Waals surface area contributed by atoms with Gasteiger partial charge < -0.3 is 0 Å². The third kappa shape index (κ3) is 4.78. The zero-order chi connectivity index (χ0) is 30.8. The molecule has 47 heavy (non-hydrogen) atoms. The van der Waals surface area contributed by atoms with E-state index in [1.165, 1.54) is 79.5 Å². The summed E-state index contributed by atoms with van der Waals surface area (Å²) in [6.07, 6.45) is 0. The molecule has 0 N–H and O–H groups in total. The van der Waals surface area contributed by atoms with E-state index in [0.717, 1.165) is 33.5 Å². The van der Waals surface area contributed by atoms with Crippen LogP contribution in [0.15, 0.2) is 140 Å². The van der Waals surface area contributed by atoms with Gasteiger partial charge in [0.1, 0.15) is 5.82 Å². The Hall–Kier alpha value is -5.35. The number of nitrogens with zero attached hydrogens (tertiary/aromatic N) is 2. The van der Waals surface area contributed by atoms with Crippen molar-refractivity contribution in [3.63, 3.8) is 0 Å². The number of hydrogen-bond acceptors (Lipinski definition) is 2. The minimum absolute atomic E-state index is 0. The monoisotopic (exact) mass is 786 g/mol. The molecule has 2 aliphatic carbocycles. The van der Waals surface area contributed by atoms with Gasteiger partial charge in [0.25, 0.3) is 0 Å². The van der Waals surface area contributed by atoms with E-state index in [1.54, 1.807) is 18.2 Å². The van der Waals surface area contributed by atoms with E-state index in [0.29, 0.717) is 0 Å². The Morgan fingerprint density at radius 3 is 1.43 bits per heavy atom. The molecule has 0 spiro atoms. The minimum Gasteiger partial charge on any atom is -0.296 e. The van der Waals surface area contributed by atoms with E-state index in [2.05, 4.69) is 78.9 Å². The van der Waals surface area contributed by atoms with Crippen LogP contribution < -0.4 is 0 Å². The van der Waals surface area contributed by atoms with Crippen LogP contribution in [-0.2, 0) is 20.1 Å². The van der Waals surface area contributed by atoms with Gasteiger partial charge in [0.15, 0.2) is 0 Å². The van der Waals surface area contributed by atoms with Crippen LogP contribution >= 0.6 is 0 Å². The molecule has 8 aromatic rings. The summed E-state index contributed by atoms with van der Waals surface area (Å²) in [5.74, 6) is -0.515. The molecule has 0 aliphatic heterocycles. The summed E-state index contributed by atoms with van der Waals surface area (Å²) in [6.45, 7) is 0. The minimum atomic E-state index is -0.285. The second-order valence-corrected chi connectivity index (χ2v) is 11.5. The third-order valence-corrected chi connectivity index (χ3v) is 8.87. The Kier molecular flexibility index (Phi) is 7.09. The summed E-state index contributed by atoms with van der Waals surface area (Å²) in [4.78, 5) is 9.56. The van der Waals surface area contributed by atoms with Crippen molar-refractivity contribution in [3.8, 4) is 67.0 Å². The van der Waals surface area contributed by atoms with E-state index in [4.69, 9.17) is 9.97 Å². The summed E-state index contributed by atoms with van der Waals surface area (Å²) < 4.78 is 26.3. The fourth-order valence-electron chi connectivity index (χ4n) is 6.83. The molecule has 6 aromatic carbocycles. The summed E-state index contributed by atoms with van der Waals surface area (Å²) in [5.41, 5.74) is 15.2. The molecule has 225 valence electrons. The molecule has 0 amide bonds. The summed E-state index contributed by atoms with van der Waals surface area (Å²) in [6, 6.07) is 47.5. The molecule has 0 atom stereocenters. The van der Waals surface area contributed by atoms with Gasteiger partial charge in [-0.3, -0.25) is 9.37 Å². The van der Waals surface area contributed by atoms with Crippen LogP contribution in [-0.4, -0.2) is 9.97 Å². The van der Waals surface area contributed by atoms with Crippen LogP contribution in [0.5, 0.6) is 0 Å². The molecule has 2 aromatic heterocycles. The zero-order valence-corrected chi connectivity index (χ0v) is 27.2. The normalized spacial score (nSPS) is 11.4. The van der Waals surface area contributed by atoms with E-state index >= 15 is 0 Å². The molecule has 0 saturated carbocycles. The number of halogens is 2. The van der Waals surface area contributed by atoms with Gasteiger partial charge >= 0.3 is 0 Å². The van der Waals surface area contributed by atoms with Crippen molar-refractivity contribution in [2.75, 3.05) is 0 Å². The SMILES string of the molecule is Fc1c[c-]c(-c2cc3c4c(cccc4n2)-c2ccccc2-3)cc1.Fc1ccc(-c2cc3c4c(cccc4n2)-c2ccccc2-3)cc1.[Ir]. The van der Waals surface area contributed by atoms with Crippen LogP contribution in [0.4, 0.5) is 8.78 Å². The Labute approximate surface area is 283 Å². The first-order valence-electron chi connectivity index (χ1n) is 15.1. The second-order valence-electron chi connectivity index (χ2n) is 11.5. The number of hydrogen-bond donors (Lipinski definition) is 0. The van der Waals surface area contributed by atoms with Gasteiger partial charge in [-0.2, -0.15) is 0 Å². The molecule has 0 saturated heterocycles. The van der Waals surface area contributed by atoms with Gasteiger partial charge in [-0.25, -0.2) is 9.37 Å². The van der Waals surface area contributed by atoms with Gasteiger partial charge in [-0.15, -0.1) is 29.8 Å². The summed E-state index contributed by atoms with van der Waals surface area (Å²) in [5, 5.41) is 2.40. The van der Waals surface area contributed by atoms with Crippen LogP contribution in [0.1, 0.15) is 0 Å². The first kappa shape index (κ1) is 29.1. The van der Waals surface area contributed by atoms with E-state index < -0.39 is 0 Å². The Balaban J connectivity index is 0.000000135. The molecule has 0 bridgehead atoms. The van der Waals surface area contributed by atoms with Crippen molar-refractivity contribution in [1.29, 1.82) is 0 Å². The molecule has 1 radical (unpaired) electrons. The van der Waals surface area contributed by atoms with Crippen molar-refractivity contribution in [1.82, 2.24) is 9.97 Å². The predicted octanol–water partition coefficient (Wildman–Crippen LogP) is 11.2. The second kappa shape index (κ2) is 11.5. The average molecular weight is 786 g/mol. The van der Waals surface area contributed by atoms with Gasteiger partial charge in [0, 0.05) is 42.3 Å². The van der Waals surface area contributed by atoms with Crippen LogP contribution in [0.3, 0.4) is 0 Å². The smallest absolute Gasteiger partial charge is 0.123 e. The molecule has 0 fully saturated rings. The first-order chi connectivity index (χ1) is 22.6. The fourth-order valence-corrected chi connectivity index (χ4v) is 6.83. The van der Waals surface area contributed by atoms with Crippen molar-refractivity contribution in [2.24, 2.45) is 0 Å². The van der Waals surface area contributed by atoms with Gasteiger partial charge in [0.2, 0.25) is 0 Å². The number of aromatic nitrogens is 2. The predicted molar refractivity (Wildman–Crippen MR) is 182 cm³/mol. The summed E-state index contributed by atoms with van der Waals surface area (Å²) >= 11 is 0. The van der Waals surface area contributed by atoms with Crippen molar-refractivity contribution in [3.05, 3.63) is 157 Å². The molecular weight excluding hydrogens is 763 g/mol. The average Bonchev–Trinajstić information content (AvgIpc) is 3.60. The van der Waals surface area contributed by atoms with Crippen LogP contribution in [0.2, 0.25) is 0 Å². The quantitative estimate of drug-likeness (QED) is 0.163. The van der Waals surface area contributed by atoms with Gasteiger partial charge in [0.05, 0.1) is 16.7 Å². The number of fused-ring (bicyclic) bond motifs is 6. The molecule has 10 rings (SSSR count). The molecule has 2 aliphatic rings. The van der Waals surface area contributed by atoms with E-state index in [9.17, 15) is 8.78 Å². The van der Waals surface area contributed by atoms with Crippen LogP contribution in [0.25, 0.3) is 88.8 Å². The van der Waals surface area contributed by atoms with Gasteiger partial charge in [-0.1, -0.05) is 78.9 Å². The van der Waals surface area contributed by atoms with E-state index in [1.807, 2.05) is 24.3 Å². The maximum absolute atomic E-state index is 13.2. The molecule has 0 unspecified atom stereocenters. The molecule has 2 nitrogen and oxygen atoms in total. The maximum Gasteiger partial charge on any atom is 0.123 e. The largest absolute Gasteiger partial charge is 0.296 e. The first-order valence-corrected chi connectivity index (χ1v) is 15.1. The number of benzene rings is 6. The summed E-state index contributed by atoms with van der Waals surface area (Å²) in [7, 11) is 0. The number of rotatable bonds is 2. The van der Waals surface area contributed by atoms with Crippen molar-refractivity contribution in [2.45, 2.75) is 0 Å². The third-order valence-electron chi connectivity index (χ3n) is 8.87. The molecule has 2 heterocycles. The number of pyridine rings is 2. The standard InChI is InChI=1S/C21H12FN.C21H11FN.Ir/c2*22-14-10-8-13(9-11-14)20-12-18-16-5-2-1-4-15(16)17-6-3-7-19(23-20)21(17)18;/h1-12H;1-8,10-12H;/q;-1;. The van der Waals surface area contributed by atoms with Crippen molar-refractivity contribution >= 4 is 21.8 Å². The Morgan fingerprint density at radius 2 is 0.894 bits per heavy atom. The zero-order valence-electron chi connectivity index (χ0n) is 24.8. The molecule has 5 heteroatoms.